The van der Waals surface area contributed by atoms with E-state index in [2.05, 4.69) is 10.2 Å². The van der Waals surface area contributed by atoms with E-state index in [1.54, 1.807) is 31.2 Å². The second kappa shape index (κ2) is 8.49. The zero-order chi connectivity index (χ0) is 18.4. The molecular formula is C20H22N2O4. The Balaban J connectivity index is 1.61. The van der Waals surface area contributed by atoms with Gasteiger partial charge in [-0.25, -0.2) is 4.79 Å². The fraction of sp³-hybridized carbons (Fsp3) is 0.300. The maximum absolute atomic E-state index is 12.4. The molecule has 6 heteroatoms. The largest absolute Gasteiger partial charge is 0.462 e. The first-order valence-electron chi connectivity index (χ1n) is 8.68. The molecular weight excluding hydrogens is 332 g/mol. The van der Waals surface area contributed by atoms with Gasteiger partial charge in [0.1, 0.15) is 0 Å². The highest BCUT2D eigenvalue weighted by Crippen LogP contribution is 2.18. The molecule has 26 heavy (non-hydrogen) atoms. The van der Waals surface area contributed by atoms with Crippen molar-refractivity contribution in [2.45, 2.75) is 6.92 Å². The van der Waals surface area contributed by atoms with Gasteiger partial charge >= 0.3 is 5.97 Å². The first-order valence-corrected chi connectivity index (χ1v) is 8.68. The highest BCUT2D eigenvalue weighted by atomic mass is 16.5. The number of nitrogens with one attached hydrogen (secondary N) is 1. The summed E-state index contributed by atoms with van der Waals surface area (Å²) in [6.45, 7) is 5.26. The first kappa shape index (κ1) is 17.9. The van der Waals surface area contributed by atoms with Crippen molar-refractivity contribution in [3.8, 4) is 0 Å². The molecule has 0 unspecified atom stereocenters. The van der Waals surface area contributed by atoms with E-state index in [0.717, 1.165) is 32.0 Å². The standard InChI is InChI=1S/C20H22N2O4/c1-2-26-20(24)16-3-7-17(8-4-16)21-19(23)15-5-9-18(10-6-15)22-11-13-25-14-12-22/h3-10H,2,11-14H2,1H3,(H,21,23). The van der Waals surface area contributed by atoms with E-state index >= 15 is 0 Å². The molecule has 136 valence electrons. The SMILES string of the molecule is CCOC(=O)c1ccc(NC(=O)c2ccc(N3CCOCC3)cc2)cc1. The molecule has 1 heterocycles. The second-order valence-corrected chi connectivity index (χ2v) is 5.90. The number of ether oxygens (including phenoxy) is 2. The Hall–Kier alpha value is -2.86. The van der Waals surface area contributed by atoms with Gasteiger partial charge in [0.05, 0.1) is 25.4 Å². The molecule has 0 saturated carbocycles. The predicted octanol–water partition coefficient (Wildman–Crippen LogP) is 2.95. The Kier molecular flexibility index (Phi) is 5.86. The molecule has 1 aliphatic rings. The quantitative estimate of drug-likeness (QED) is 0.836. The third-order valence-electron chi connectivity index (χ3n) is 4.16. The van der Waals surface area contributed by atoms with Gasteiger partial charge in [-0.1, -0.05) is 0 Å². The van der Waals surface area contributed by atoms with Gasteiger partial charge in [-0.2, -0.15) is 0 Å². The lowest BCUT2D eigenvalue weighted by Gasteiger charge is -2.28. The zero-order valence-electron chi connectivity index (χ0n) is 14.7. The molecule has 1 N–H and O–H groups in total. The van der Waals surface area contributed by atoms with E-state index in [1.807, 2.05) is 24.3 Å². The maximum atomic E-state index is 12.4. The van der Waals surface area contributed by atoms with Crippen LogP contribution in [0.2, 0.25) is 0 Å². The predicted molar refractivity (Wildman–Crippen MR) is 99.8 cm³/mol. The molecule has 1 amide bonds. The van der Waals surface area contributed by atoms with E-state index in [9.17, 15) is 9.59 Å². The molecule has 3 rings (SSSR count). The summed E-state index contributed by atoms with van der Waals surface area (Å²) in [4.78, 5) is 26.3. The summed E-state index contributed by atoms with van der Waals surface area (Å²) in [6.07, 6.45) is 0. The van der Waals surface area contributed by atoms with Crippen LogP contribution in [0.4, 0.5) is 11.4 Å². The minimum Gasteiger partial charge on any atom is -0.462 e. The average molecular weight is 354 g/mol. The van der Waals surface area contributed by atoms with Crippen LogP contribution in [0, 0.1) is 0 Å². The van der Waals surface area contributed by atoms with Gasteiger partial charge < -0.3 is 19.7 Å². The zero-order valence-corrected chi connectivity index (χ0v) is 14.7. The molecule has 0 atom stereocenters. The highest BCUT2D eigenvalue weighted by molar-refractivity contribution is 6.04. The van der Waals surface area contributed by atoms with Crippen molar-refractivity contribution in [3.05, 3.63) is 59.7 Å². The summed E-state index contributed by atoms with van der Waals surface area (Å²) < 4.78 is 10.3. The van der Waals surface area contributed by atoms with Gasteiger partial charge in [0.2, 0.25) is 0 Å². The van der Waals surface area contributed by atoms with Crippen LogP contribution in [-0.2, 0) is 9.47 Å². The third-order valence-corrected chi connectivity index (χ3v) is 4.16. The van der Waals surface area contributed by atoms with Crippen LogP contribution in [0.5, 0.6) is 0 Å². The van der Waals surface area contributed by atoms with Crippen LogP contribution in [0.3, 0.4) is 0 Å². The Morgan fingerprint density at radius 3 is 2.23 bits per heavy atom. The minimum atomic E-state index is -0.371. The van der Waals surface area contributed by atoms with Crippen molar-refractivity contribution in [2.75, 3.05) is 43.1 Å². The van der Waals surface area contributed by atoms with Gasteiger partial charge in [0.25, 0.3) is 5.91 Å². The summed E-state index contributed by atoms with van der Waals surface area (Å²) in [5.41, 5.74) is 2.75. The Bertz CT molecular complexity index is 750. The fourth-order valence-corrected chi connectivity index (χ4v) is 2.75. The van der Waals surface area contributed by atoms with Crippen molar-refractivity contribution in [1.29, 1.82) is 0 Å². The van der Waals surface area contributed by atoms with E-state index in [1.165, 1.54) is 0 Å². The lowest BCUT2D eigenvalue weighted by Crippen LogP contribution is -2.36. The van der Waals surface area contributed by atoms with Gasteiger partial charge in [-0.15, -0.1) is 0 Å². The summed E-state index contributed by atoms with van der Waals surface area (Å²) >= 11 is 0. The van der Waals surface area contributed by atoms with Crippen LogP contribution < -0.4 is 10.2 Å². The molecule has 2 aromatic rings. The van der Waals surface area contributed by atoms with Crippen LogP contribution in [-0.4, -0.2) is 44.8 Å². The number of carbonyl (C=O) groups excluding carboxylic acids is 2. The number of amides is 1. The molecule has 6 nitrogen and oxygen atoms in total. The Morgan fingerprint density at radius 2 is 1.62 bits per heavy atom. The summed E-state index contributed by atoms with van der Waals surface area (Å²) in [7, 11) is 0. The summed E-state index contributed by atoms with van der Waals surface area (Å²) in [5, 5.41) is 2.83. The van der Waals surface area contributed by atoms with E-state index in [0.29, 0.717) is 23.4 Å². The van der Waals surface area contributed by atoms with Crippen molar-refractivity contribution < 1.29 is 19.1 Å². The normalized spacial score (nSPS) is 14.0. The number of carbonyl (C=O) groups is 2. The van der Waals surface area contributed by atoms with Crippen LogP contribution in [0.15, 0.2) is 48.5 Å². The molecule has 0 aliphatic carbocycles. The monoisotopic (exact) mass is 354 g/mol. The van der Waals surface area contributed by atoms with Crippen molar-refractivity contribution >= 4 is 23.3 Å². The Labute approximate surface area is 152 Å². The van der Waals surface area contributed by atoms with Crippen molar-refractivity contribution in [1.82, 2.24) is 0 Å². The molecule has 1 saturated heterocycles. The van der Waals surface area contributed by atoms with Gasteiger partial charge in [0.15, 0.2) is 0 Å². The van der Waals surface area contributed by atoms with Gasteiger partial charge in [-0.05, 0) is 55.5 Å². The molecule has 0 radical (unpaired) electrons. The highest BCUT2D eigenvalue weighted by Gasteiger charge is 2.13. The topological polar surface area (TPSA) is 67.9 Å². The first-order chi connectivity index (χ1) is 12.7. The van der Waals surface area contributed by atoms with Crippen LogP contribution >= 0.6 is 0 Å². The minimum absolute atomic E-state index is 0.192. The number of esters is 1. The number of anilines is 2. The number of benzene rings is 2. The van der Waals surface area contributed by atoms with Crippen molar-refractivity contribution in [3.63, 3.8) is 0 Å². The van der Waals surface area contributed by atoms with Crippen LogP contribution in [0.1, 0.15) is 27.6 Å². The van der Waals surface area contributed by atoms with E-state index in [-0.39, 0.29) is 11.9 Å². The van der Waals surface area contributed by atoms with Gasteiger partial charge in [-0.3, -0.25) is 4.79 Å². The molecule has 0 aromatic heterocycles. The van der Waals surface area contributed by atoms with Gasteiger partial charge in [0, 0.05) is 30.0 Å². The number of hydrogen-bond acceptors (Lipinski definition) is 5. The maximum Gasteiger partial charge on any atom is 0.338 e. The number of morpholine rings is 1. The molecule has 2 aromatic carbocycles. The number of hydrogen-bond donors (Lipinski definition) is 1. The smallest absolute Gasteiger partial charge is 0.338 e. The lowest BCUT2D eigenvalue weighted by molar-refractivity contribution is 0.0526. The molecule has 0 bridgehead atoms. The number of nitrogens with zero attached hydrogens (tertiary/aromatic N) is 1. The second-order valence-electron chi connectivity index (χ2n) is 5.90. The molecule has 0 spiro atoms. The summed E-state index contributed by atoms with van der Waals surface area (Å²) in [5.74, 6) is -0.563. The molecule has 1 aliphatic heterocycles. The summed E-state index contributed by atoms with van der Waals surface area (Å²) in [6, 6.07) is 14.2. The average Bonchev–Trinajstić information content (AvgIpc) is 2.69. The lowest BCUT2D eigenvalue weighted by atomic mass is 10.1. The van der Waals surface area contributed by atoms with E-state index < -0.39 is 0 Å². The molecule has 1 fully saturated rings. The number of rotatable bonds is 5. The van der Waals surface area contributed by atoms with E-state index in [4.69, 9.17) is 9.47 Å². The van der Waals surface area contributed by atoms with Crippen molar-refractivity contribution in [2.24, 2.45) is 0 Å². The Morgan fingerprint density at radius 1 is 1.00 bits per heavy atom. The fourth-order valence-electron chi connectivity index (χ4n) is 2.75. The van der Waals surface area contributed by atoms with Crippen LogP contribution in [0.25, 0.3) is 0 Å². The third kappa shape index (κ3) is 4.40.